The third-order valence-corrected chi connectivity index (χ3v) is 3.04. The highest BCUT2D eigenvalue weighted by Gasteiger charge is 2.22. The molecule has 0 unspecified atom stereocenters. The van der Waals surface area contributed by atoms with E-state index in [-0.39, 0.29) is 6.61 Å². The number of aliphatic hydroxyl groups excluding tert-OH is 1. The van der Waals surface area contributed by atoms with Crippen molar-refractivity contribution in [2.75, 3.05) is 13.2 Å². The van der Waals surface area contributed by atoms with Crippen molar-refractivity contribution in [3.63, 3.8) is 0 Å². The van der Waals surface area contributed by atoms with E-state index in [1.54, 1.807) is 6.08 Å². The van der Waals surface area contributed by atoms with Crippen molar-refractivity contribution in [3.8, 4) is 5.75 Å². The molecule has 0 saturated heterocycles. The Balaban J connectivity index is 2.09. The minimum absolute atomic E-state index is 0.0502. The first-order valence-corrected chi connectivity index (χ1v) is 6.28. The zero-order valence-electron chi connectivity index (χ0n) is 9.03. The van der Waals surface area contributed by atoms with Crippen molar-refractivity contribution in [2.45, 2.75) is 12.8 Å². The lowest BCUT2D eigenvalue weighted by Crippen LogP contribution is -2.00. The van der Waals surface area contributed by atoms with E-state index in [0.29, 0.717) is 0 Å². The average molecular weight is 283 g/mol. The van der Waals surface area contributed by atoms with Crippen LogP contribution in [0.2, 0.25) is 0 Å². The Labute approximate surface area is 104 Å². The summed E-state index contributed by atoms with van der Waals surface area (Å²) >= 11 is 3.43. The van der Waals surface area contributed by atoms with Gasteiger partial charge in [0.15, 0.2) is 0 Å². The van der Waals surface area contributed by atoms with E-state index in [1.165, 1.54) is 12.8 Å². The number of aliphatic hydroxyl groups is 1. The summed E-state index contributed by atoms with van der Waals surface area (Å²) in [6.07, 6.45) is 6.18. The van der Waals surface area contributed by atoms with Gasteiger partial charge in [0.25, 0.3) is 0 Å². The molecule has 2 nitrogen and oxygen atoms in total. The largest absolute Gasteiger partial charge is 0.493 e. The second-order valence-corrected chi connectivity index (χ2v) is 4.94. The van der Waals surface area contributed by atoms with Gasteiger partial charge in [-0.2, -0.15) is 0 Å². The molecular formula is C13H15BrO2. The highest BCUT2D eigenvalue weighted by molar-refractivity contribution is 9.10. The van der Waals surface area contributed by atoms with E-state index in [0.717, 1.165) is 28.3 Å². The van der Waals surface area contributed by atoms with E-state index >= 15 is 0 Å². The van der Waals surface area contributed by atoms with Gasteiger partial charge in [-0.1, -0.05) is 28.1 Å². The molecule has 0 radical (unpaired) electrons. The SMILES string of the molecule is OCC=Cc1cc(Br)ccc1OCC1CC1. The van der Waals surface area contributed by atoms with Gasteiger partial charge in [0.2, 0.25) is 0 Å². The first-order chi connectivity index (χ1) is 7.79. The second kappa shape index (κ2) is 5.51. The van der Waals surface area contributed by atoms with Crippen LogP contribution in [-0.2, 0) is 0 Å². The lowest BCUT2D eigenvalue weighted by atomic mass is 10.2. The zero-order chi connectivity index (χ0) is 11.4. The lowest BCUT2D eigenvalue weighted by Gasteiger charge is -2.09. The van der Waals surface area contributed by atoms with Crippen molar-refractivity contribution < 1.29 is 9.84 Å². The molecule has 1 aliphatic rings. The molecule has 3 heteroatoms. The predicted octanol–water partition coefficient (Wildman–Crippen LogP) is 3.24. The standard InChI is InChI=1S/C13H15BrO2/c14-12-5-6-13(16-9-10-3-4-10)11(8-12)2-1-7-15/h1-2,5-6,8,10,15H,3-4,7,9H2. The van der Waals surface area contributed by atoms with Crippen LogP contribution in [0.25, 0.3) is 6.08 Å². The maximum absolute atomic E-state index is 8.78. The number of hydrogen-bond donors (Lipinski definition) is 1. The molecule has 0 spiro atoms. The number of hydrogen-bond acceptors (Lipinski definition) is 2. The van der Waals surface area contributed by atoms with Crippen LogP contribution < -0.4 is 4.74 Å². The van der Waals surface area contributed by atoms with Crippen molar-refractivity contribution >= 4 is 22.0 Å². The van der Waals surface area contributed by atoms with Crippen molar-refractivity contribution in [2.24, 2.45) is 5.92 Å². The molecule has 16 heavy (non-hydrogen) atoms. The van der Waals surface area contributed by atoms with Gasteiger partial charge < -0.3 is 9.84 Å². The van der Waals surface area contributed by atoms with Crippen LogP contribution in [-0.4, -0.2) is 18.3 Å². The monoisotopic (exact) mass is 282 g/mol. The zero-order valence-corrected chi connectivity index (χ0v) is 10.6. The number of rotatable bonds is 5. The fraction of sp³-hybridized carbons (Fsp3) is 0.385. The van der Waals surface area contributed by atoms with Crippen molar-refractivity contribution in [1.29, 1.82) is 0 Å². The van der Waals surface area contributed by atoms with Crippen LogP contribution in [0.15, 0.2) is 28.7 Å². The number of ether oxygens (including phenoxy) is 1. The highest BCUT2D eigenvalue weighted by atomic mass is 79.9. The third kappa shape index (κ3) is 3.35. The molecule has 0 atom stereocenters. The summed E-state index contributed by atoms with van der Waals surface area (Å²) in [5.41, 5.74) is 1.00. The van der Waals surface area contributed by atoms with Crippen molar-refractivity contribution in [1.82, 2.24) is 0 Å². The molecule has 0 aromatic heterocycles. The van der Waals surface area contributed by atoms with E-state index in [4.69, 9.17) is 9.84 Å². The molecule has 0 heterocycles. The van der Waals surface area contributed by atoms with Gasteiger partial charge in [0.1, 0.15) is 5.75 Å². The smallest absolute Gasteiger partial charge is 0.126 e. The van der Waals surface area contributed by atoms with Crippen LogP contribution in [0.5, 0.6) is 5.75 Å². The maximum Gasteiger partial charge on any atom is 0.126 e. The summed E-state index contributed by atoms with van der Waals surface area (Å²) in [6.45, 7) is 0.857. The molecule has 1 N–H and O–H groups in total. The minimum atomic E-state index is 0.0502. The fourth-order valence-electron chi connectivity index (χ4n) is 1.45. The lowest BCUT2D eigenvalue weighted by molar-refractivity contribution is 0.299. The Bertz CT molecular complexity index is 384. The maximum atomic E-state index is 8.78. The Hall–Kier alpha value is -0.800. The molecule has 2 rings (SSSR count). The molecule has 1 aromatic carbocycles. The van der Waals surface area contributed by atoms with Crippen molar-refractivity contribution in [3.05, 3.63) is 34.3 Å². The average Bonchev–Trinajstić information content (AvgIpc) is 3.09. The summed E-state index contributed by atoms with van der Waals surface area (Å²) in [6, 6.07) is 5.93. The van der Waals surface area contributed by atoms with Gasteiger partial charge in [-0.15, -0.1) is 0 Å². The van der Waals surface area contributed by atoms with E-state index in [1.807, 2.05) is 24.3 Å². The summed E-state index contributed by atoms with van der Waals surface area (Å²) in [7, 11) is 0. The molecule has 1 fully saturated rings. The molecular weight excluding hydrogens is 268 g/mol. The van der Waals surface area contributed by atoms with Crippen LogP contribution in [0.3, 0.4) is 0 Å². The minimum Gasteiger partial charge on any atom is -0.493 e. The molecule has 86 valence electrons. The predicted molar refractivity (Wildman–Crippen MR) is 68.5 cm³/mol. The quantitative estimate of drug-likeness (QED) is 0.899. The van der Waals surface area contributed by atoms with Gasteiger partial charge in [-0.3, -0.25) is 0 Å². The summed E-state index contributed by atoms with van der Waals surface area (Å²) in [4.78, 5) is 0. The Morgan fingerprint density at radius 1 is 1.44 bits per heavy atom. The number of halogens is 1. The molecule has 0 aliphatic heterocycles. The molecule has 1 saturated carbocycles. The molecule has 0 bridgehead atoms. The summed E-state index contributed by atoms with van der Waals surface area (Å²) < 4.78 is 6.78. The summed E-state index contributed by atoms with van der Waals surface area (Å²) in [5.74, 6) is 1.64. The molecule has 0 amide bonds. The molecule has 1 aliphatic carbocycles. The van der Waals surface area contributed by atoms with Crippen LogP contribution in [0.4, 0.5) is 0 Å². The van der Waals surface area contributed by atoms with Gasteiger partial charge in [-0.25, -0.2) is 0 Å². The first kappa shape index (κ1) is 11.7. The third-order valence-electron chi connectivity index (χ3n) is 2.55. The topological polar surface area (TPSA) is 29.5 Å². The normalized spacial score (nSPS) is 15.6. The van der Waals surface area contributed by atoms with Gasteiger partial charge in [-0.05, 0) is 37.0 Å². The van der Waals surface area contributed by atoms with Crippen LogP contribution in [0, 0.1) is 5.92 Å². The van der Waals surface area contributed by atoms with Gasteiger partial charge in [0.05, 0.1) is 13.2 Å². The fourth-order valence-corrected chi connectivity index (χ4v) is 1.83. The Morgan fingerprint density at radius 3 is 2.94 bits per heavy atom. The number of benzene rings is 1. The second-order valence-electron chi connectivity index (χ2n) is 4.02. The van der Waals surface area contributed by atoms with E-state index in [2.05, 4.69) is 15.9 Å². The summed E-state index contributed by atoms with van der Waals surface area (Å²) in [5, 5.41) is 8.78. The highest BCUT2D eigenvalue weighted by Crippen LogP contribution is 2.31. The van der Waals surface area contributed by atoms with E-state index in [9.17, 15) is 0 Å². The Kier molecular flexibility index (Phi) is 4.02. The first-order valence-electron chi connectivity index (χ1n) is 5.49. The van der Waals surface area contributed by atoms with Crippen LogP contribution >= 0.6 is 15.9 Å². The van der Waals surface area contributed by atoms with Gasteiger partial charge >= 0.3 is 0 Å². The van der Waals surface area contributed by atoms with Gasteiger partial charge in [0, 0.05) is 10.0 Å². The Morgan fingerprint density at radius 2 is 2.25 bits per heavy atom. The van der Waals surface area contributed by atoms with E-state index < -0.39 is 0 Å². The van der Waals surface area contributed by atoms with Crippen LogP contribution in [0.1, 0.15) is 18.4 Å². The molecule has 1 aromatic rings.